The SMILES string of the molecule is C1CC(CN(CC2CO2)CC2CO2)CC(CN(CC2CO2)CC2CO2)C1.CC(C)(c1cc(CO)c(O)c(CO)c1)c1cc(CO)c(O)c(CO)c1. The lowest BCUT2D eigenvalue weighted by atomic mass is 9.76. The Balaban J connectivity index is 0.000000176. The highest BCUT2D eigenvalue weighted by Gasteiger charge is 2.35. The molecule has 0 radical (unpaired) electrons. The number of hydrogen-bond donors (Lipinski definition) is 6. The maximum absolute atomic E-state index is 10.0. The summed E-state index contributed by atoms with van der Waals surface area (Å²) in [6.07, 6.45) is 7.49. The minimum absolute atomic E-state index is 0.137. The molecule has 2 aromatic carbocycles. The molecule has 5 fully saturated rings. The van der Waals surface area contributed by atoms with E-state index >= 15 is 0 Å². The molecule has 12 heteroatoms. The van der Waals surface area contributed by atoms with Gasteiger partial charge in [0.2, 0.25) is 0 Å². The van der Waals surface area contributed by atoms with E-state index in [4.69, 9.17) is 18.9 Å². The predicted molar refractivity (Wildman–Crippen MR) is 189 cm³/mol. The lowest BCUT2D eigenvalue weighted by molar-refractivity contribution is 0.125. The Morgan fingerprint density at radius 2 is 0.843 bits per heavy atom. The fraction of sp³-hybridized carbons (Fsp3) is 0.692. The summed E-state index contributed by atoms with van der Waals surface area (Å²) in [6.45, 7) is 13.0. The first kappa shape index (κ1) is 38.4. The number of phenols is 2. The number of benzene rings is 2. The van der Waals surface area contributed by atoms with Crippen molar-refractivity contribution >= 4 is 0 Å². The largest absolute Gasteiger partial charge is 0.507 e. The van der Waals surface area contributed by atoms with Crippen molar-refractivity contribution in [2.45, 2.75) is 95.8 Å². The van der Waals surface area contributed by atoms with Crippen molar-refractivity contribution in [2.75, 3.05) is 65.7 Å². The summed E-state index contributed by atoms with van der Waals surface area (Å²) in [4.78, 5) is 5.24. The van der Waals surface area contributed by atoms with Gasteiger partial charge in [0.15, 0.2) is 0 Å². The van der Waals surface area contributed by atoms with Crippen LogP contribution in [0.3, 0.4) is 0 Å². The highest BCUT2D eigenvalue weighted by Crippen LogP contribution is 2.39. The molecule has 51 heavy (non-hydrogen) atoms. The van der Waals surface area contributed by atoms with E-state index in [-0.39, 0.29) is 37.9 Å². The standard InChI is InChI=1S/C20H34N2O4.C19H24O6/c1-2-15(5-21(7-17-11-23-17)8-18-12-24-18)4-16(3-1)6-22(9-19-13-25-19)10-20-14-26-20;1-19(2,15-3-11(7-20)17(24)12(4-15)8-21)16-5-13(9-22)18(25)14(6-16)10-23/h15-20H,1-14H2;3-6,20-25H,7-10H2,1-2H3. The first-order valence-electron chi connectivity index (χ1n) is 18.6. The molecule has 6 atom stereocenters. The number of epoxide rings is 4. The number of ether oxygens (including phenoxy) is 4. The fourth-order valence-corrected chi connectivity index (χ4v) is 7.65. The van der Waals surface area contributed by atoms with Crippen LogP contribution in [0.4, 0.5) is 0 Å². The Morgan fingerprint density at radius 1 is 0.549 bits per heavy atom. The summed E-state index contributed by atoms with van der Waals surface area (Å²) in [6, 6.07) is 6.61. The van der Waals surface area contributed by atoms with E-state index in [9.17, 15) is 30.6 Å². The van der Waals surface area contributed by atoms with Crippen LogP contribution < -0.4 is 0 Å². The Bertz CT molecular complexity index is 1260. The van der Waals surface area contributed by atoms with Gasteiger partial charge in [-0.1, -0.05) is 20.3 Å². The fourth-order valence-electron chi connectivity index (χ4n) is 7.65. The molecule has 1 aliphatic carbocycles. The lowest BCUT2D eigenvalue weighted by Crippen LogP contribution is -2.40. The number of nitrogens with zero attached hydrogens (tertiary/aromatic N) is 2. The second-order valence-electron chi connectivity index (χ2n) is 15.7. The van der Waals surface area contributed by atoms with Crippen molar-refractivity contribution in [1.82, 2.24) is 9.80 Å². The minimum atomic E-state index is -0.636. The van der Waals surface area contributed by atoms with E-state index in [0.717, 1.165) is 75.6 Å². The van der Waals surface area contributed by atoms with Crippen molar-refractivity contribution in [3.63, 3.8) is 0 Å². The Kier molecular flexibility index (Phi) is 12.9. The third kappa shape index (κ3) is 10.8. The van der Waals surface area contributed by atoms with Gasteiger partial charge in [0.25, 0.3) is 0 Å². The zero-order chi connectivity index (χ0) is 36.1. The highest BCUT2D eigenvalue weighted by molar-refractivity contribution is 5.52. The van der Waals surface area contributed by atoms with Crippen LogP contribution in [-0.4, -0.2) is 131 Å². The van der Waals surface area contributed by atoms with Crippen LogP contribution in [0.25, 0.3) is 0 Å². The van der Waals surface area contributed by atoms with Crippen molar-refractivity contribution < 1.29 is 49.6 Å². The molecule has 12 nitrogen and oxygen atoms in total. The third-order valence-electron chi connectivity index (χ3n) is 11.0. The van der Waals surface area contributed by atoms with Gasteiger partial charge in [0.1, 0.15) is 11.5 Å². The van der Waals surface area contributed by atoms with E-state index in [2.05, 4.69) is 9.80 Å². The lowest BCUT2D eigenvalue weighted by Gasteiger charge is -2.35. The van der Waals surface area contributed by atoms with Crippen LogP contribution >= 0.6 is 0 Å². The van der Waals surface area contributed by atoms with Crippen molar-refractivity contribution in [1.29, 1.82) is 0 Å². The van der Waals surface area contributed by atoms with Gasteiger partial charge in [0, 0.05) is 66.9 Å². The molecule has 0 aromatic heterocycles. The van der Waals surface area contributed by atoms with Crippen LogP contribution in [0.1, 0.15) is 72.9 Å². The molecule has 0 spiro atoms. The Morgan fingerprint density at radius 3 is 1.10 bits per heavy atom. The van der Waals surface area contributed by atoms with E-state index in [0.29, 0.717) is 46.7 Å². The summed E-state index contributed by atoms with van der Waals surface area (Å²) in [7, 11) is 0. The van der Waals surface area contributed by atoms with E-state index in [1.165, 1.54) is 38.8 Å². The van der Waals surface area contributed by atoms with Crippen LogP contribution in [0, 0.1) is 11.8 Å². The zero-order valence-electron chi connectivity index (χ0n) is 30.2. The molecule has 284 valence electrons. The van der Waals surface area contributed by atoms with Crippen LogP contribution in [-0.2, 0) is 50.8 Å². The maximum Gasteiger partial charge on any atom is 0.126 e. The van der Waals surface area contributed by atoms with Gasteiger partial charge in [-0.2, -0.15) is 0 Å². The number of hydrogen-bond acceptors (Lipinski definition) is 12. The Hall–Kier alpha value is -2.36. The summed E-state index contributed by atoms with van der Waals surface area (Å²) < 4.78 is 21.9. The zero-order valence-corrected chi connectivity index (χ0v) is 30.2. The molecule has 2 aromatic rings. The van der Waals surface area contributed by atoms with Crippen LogP contribution in [0.2, 0.25) is 0 Å². The van der Waals surface area contributed by atoms with Crippen molar-refractivity contribution in [3.8, 4) is 11.5 Å². The summed E-state index contributed by atoms with van der Waals surface area (Å²) >= 11 is 0. The molecule has 1 saturated carbocycles. The normalized spacial score (nSPS) is 26.6. The first-order chi connectivity index (χ1) is 24.6. The topological polar surface area (TPSA) is 178 Å². The van der Waals surface area contributed by atoms with Gasteiger partial charge >= 0.3 is 0 Å². The molecule has 4 aliphatic heterocycles. The number of aromatic hydroxyl groups is 2. The average Bonchev–Trinajstić information content (AvgIpc) is 3.89. The van der Waals surface area contributed by atoms with E-state index in [1.54, 1.807) is 24.3 Å². The maximum atomic E-state index is 10.0. The first-order valence-corrected chi connectivity index (χ1v) is 18.6. The molecule has 4 heterocycles. The van der Waals surface area contributed by atoms with E-state index in [1.807, 2.05) is 13.8 Å². The van der Waals surface area contributed by atoms with Crippen LogP contribution in [0.5, 0.6) is 11.5 Å². The molecule has 0 bridgehead atoms. The molecule has 4 saturated heterocycles. The van der Waals surface area contributed by atoms with Gasteiger partial charge in [-0.15, -0.1) is 0 Å². The smallest absolute Gasteiger partial charge is 0.126 e. The molecule has 6 unspecified atom stereocenters. The van der Waals surface area contributed by atoms with E-state index < -0.39 is 5.41 Å². The van der Waals surface area contributed by atoms with Gasteiger partial charge in [0.05, 0.1) is 77.3 Å². The summed E-state index contributed by atoms with van der Waals surface area (Å²) in [5.41, 5.74) is 2.05. The number of aliphatic hydroxyl groups is 4. The quantitative estimate of drug-likeness (QED) is 0.125. The van der Waals surface area contributed by atoms with Crippen molar-refractivity contribution in [3.05, 3.63) is 57.6 Å². The second kappa shape index (κ2) is 17.2. The number of rotatable bonds is 18. The molecular weight excluding hydrogens is 656 g/mol. The molecule has 7 rings (SSSR count). The molecule has 0 amide bonds. The summed E-state index contributed by atoms with van der Waals surface area (Å²) in [5, 5.41) is 57.9. The number of aliphatic hydroxyl groups excluding tert-OH is 4. The van der Waals surface area contributed by atoms with Gasteiger partial charge in [-0.05, 0) is 66.5 Å². The van der Waals surface area contributed by atoms with Crippen molar-refractivity contribution in [2.24, 2.45) is 11.8 Å². The highest BCUT2D eigenvalue weighted by atomic mass is 16.6. The molecule has 5 aliphatic rings. The predicted octanol–water partition coefficient (Wildman–Crippen LogP) is 2.38. The Labute approximate surface area is 301 Å². The second-order valence-corrected chi connectivity index (χ2v) is 15.7. The third-order valence-corrected chi connectivity index (χ3v) is 11.0. The molecule has 6 N–H and O–H groups in total. The van der Waals surface area contributed by atoms with Crippen LogP contribution in [0.15, 0.2) is 24.3 Å². The van der Waals surface area contributed by atoms with Gasteiger partial charge < -0.3 is 49.6 Å². The average molecular weight is 715 g/mol. The summed E-state index contributed by atoms with van der Waals surface area (Å²) in [5.74, 6) is 1.40. The minimum Gasteiger partial charge on any atom is -0.507 e. The van der Waals surface area contributed by atoms with Gasteiger partial charge in [-0.3, -0.25) is 9.80 Å². The monoisotopic (exact) mass is 714 g/mol. The van der Waals surface area contributed by atoms with Gasteiger partial charge in [-0.25, -0.2) is 0 Å². The molecular formula is C39H58N2O10.